The third-order valence-corrected chi connectivity index (χ3v) is 6.03. The maximum atomic E-state index is 12.9. The van der Waals surface area contributed by atoms with Gasteiger partial charge in [0, 0.05) is 19.3 Å². The molecule has 1 aromatic heterocycles. The van der Waals surface area contributed by atoms with Crippen molar-refractivity contribution in [1.29, 1.82) is 0 Å². The standard InChI is InChI=1S/C22H24N4O2S/c1-16(28-18-11-4-3-5-12-18)21-23-24-22(25(21)2)29-15-20(27)26-14-8-10-17-9-6-7-13-19(17)26/h3-7,9,11-13,16H,8,10,14-15H2,1-2H3/t16-/m0/s1. The molecule has 0 aliphatic carbocycles. The van der Waals surface area contributed by atoms with E-state index in [1.54, 1.807) is 0 Å². The SMILES string of the molecule is C[C@H](Oc1ccccc1)c1nnc(SCC(=O)N2CCCc3ccccc32)n1C. The van der Waals surface area contributed by atoms with Crippen LogP contribution in [0.1, 0.15) is 30.8 Å². The molecule has 1 aliphatic rings. The van der Waals surface area contributed by atoms with Crippen molar-refractivity contribution in [3.8, 4) is 5.75 Å². The Bertz CT molecular complexity index is 989. The van der Waals surface area contributed by atoms with Gasteiger partial charge >= 0.3 is 0 Å². The summed E-state index contributed by atoms with van der Waals surface area (Å²) in [6.45, 7) is 2.71. The Hall–Kier alpha value is -2.80. The Morgan fingerprint density at radius 1 is 1.14 bits per heavy atom. The van der Waals surface area contributed by atoms with Crippen molar-refractivity contribution in [2.24, 2.45) is 7.05 Å². The first kappa shape index (κ1) is 19.5. The Kier molecular flexibility index (Phi) is 5.85. The molecule has 3 aromatic rings. The number of hydrogen-bond acceptors (Lipinski definition) is 5. The van der Waals surface area contributed by atoms with Crippen molar-refractivity contribution in [3.05, 3.63) is 66.0 Å². The van der Waals surface area contributed by atoms with E-state index in [1.807, 2.05) is 72.0 Å². The van der Waals surface area contributed by atoms with Gasteiger partial charge in [0.25, 0.3) is 0 Å². The number of thioether (sulfide) groups is 1. The van der Waals surface area contributed by atoms with Gasteiger partial charge in [-0.05, 0) is 43.5 Å². The summed E-state index contributed by atoms with van der Waals surface area (Å²) in [4.78, 5) is 14.7. The molecule has 1 aliphatic heterocycles. The third-order valence-electron chi connectivity index (χ3n) is 5.02. The monoisotopic (exact) mass is 408 g/mol. The highest BCUT2D eigenvalue weighted by atomic mass is 32.2. The van der Waals surface area contributed by atoms with Crippen LogP contribution in [0.5, 0.6) is 5.75 Å². The summed E-state index contributed by atoms with van der Waals surface area (Å²) in [5.41, 5.74) is 2.28. The lowest BCUT2D eigenvalue weighted by Crippen LogP contribution is -2.36. The molecular formula is C22H24N4O2S. The number of fused-ring (bicyclic) bond motifs is 1. The minimum absolute atomic E-state index is 0.0975. The van der Waals surface area contributed by atoms with Gasteiger partial charge in [-0.15, -0.1) is 10.2 Å². The van der Waals surface area contributed by atoms with Crippen molar-refractivity contribution in [2.45, 2.75) is 31.0 Å². The number of aromatic nitrogens is 3. The zero-order valence-electron chi connectivity index (χ0n) is 16.6. The minimum atomic E-state index is -0.242. The van der Waals surface area contributed by atoms with Gasteiger partial charge in [0.2, 0.25) is 5.91 Å². The van der Waals surface area contributed by atoms with Gasteiger partial charge in [-0.1, -0.05) is 48.2 Å². The molecule has 0 saturated carbocycles. The molecular weight excluding hydrogens is 384 g/mol. The summed E-state index contributed by atoms with van der Waals surface area (Å²) in [6, 6.07) is 17.8. The highest BCUT2D eigenvalue weighted by Crippen LogP contribution is 2.28. The minimum Gasteiger partial charge on any atom is -0.483 e. The first-order valence-corrected chi connectivity index (χ1v) is 10.7. The summed E-state index contributed by atoms with van der Waals surface area (Å²) >= 11 is 1.41. The number of carbonyl (C=O) groups is 1. The first-order valence-electron chi connectivity index (χ1n) is 9.75. The summed E-state index contributed by atoms with van der Waals surface area (Å²) in [7, 11) is 1.91. The molecule has 0 radical (unpaired) electrons. The van der Waals surface area contributed by atoms with Crippen molar-refractivity contribution < 1.29 is 9.53 Å². The third kappa shape index (κ3) is 4.29. The fourth-order valence-corrected chi connectivity index (χ4v) is 4.35. The zero-order chi connectivity index (χ0) is 20.2. The van der Waals surface area contributed by atoms with Gasteiger partial charge in [-0.25, -0.2) is 0 Å². The van der Waals surface area contributed by atoms with Crippen LogP contribution in [0.25, 0.3) is 0 Å². The summed E-state index contributed by atoms with van der Waals surface area (Å²) in [6.07, 6.45) is 1.78. The lowest BCUT2D eigenvalue weighted by molar-refractivity contribution is -0.116. The Morgan fingerprint density at radius 2 is 1.90 bits per heavy atom. The van der Waals surface area contributed by atoms with Crippen LogP contribution in [0.3, 0.4) is 0 Å². The summed E-state index contributed by atoms with van der Waals surface area (Å²) in [5.74, 6) is 1.94. The quantitative estimate of drug-likeness (QED) is 0.577. The average molecular weight is 409 g/mol. The Morgan fingerprint density at radius 3 is 2.72 bits per heavy atom. The fraction of sp³-hybridized carbons (Fsp3) is 0.318. The molecule has 0 fully saturated rings. The number of hydrogen-bond donors (Lipinski definition) is 0. The molecule has 0 N–H and O–H groups in total. The smallest absolute Gasteiger partial charge is 0.237 e. The van der Waals surface area contributed by atoms with Gasteiger partial charge in [-0.2, -0.15) is 0 Å². The van der Waals surface area contributed by atoms with Gasteiger partial charge in [0.05, 0.1) is 5.75 Å². The maximum Gasteiger partial charge on any atom is 0.237 e. The highest BCUT2D eigenvalue weighted by Gasteiger charge is 2.23. The Labute approximate surface area is 174 Å². The second kappa shape index (κ2) is 8.69. The second-order valence-corrected chi connectivity index (χ2v) is 7.98. The molecule has 1 atom stereocenters. The number of aryl methyl sites for hydroxylation is 1. The van der Waals surface area contributed by atoms with Crippen LogP contribution in [0.4, 0.5) is 5.69 Å². The van der Waals surface area contributed by atoms with E-state index in [0.29, 0.717) is 10.9 Å². The number of carbonyl (C=O) groups excluding carboxylic acids is 1. The number of para-hydroxylation sites is 2. The van der Waals surface area contributed by atoms with Gasteiger partial charge < -0.3 is 14.2 Å². The van der Waals surface area contributed by atoms with Crippen LogP contribution in [-0.2, 0) is 18.3 Å². The molecule has 7 heteroatoms. The van der Waals surface area contributed by atoms with Crippen LogP contribution < -0.4 is 9.64 Å². The predicted molar refractivity (Wildman–Crippen MR) is 114 cm³/mol. The highest BCUT2D eigenvalue weighted by molar-refractivity contribution is 7.99. The molecule has 2 aromatic carbocycles. The molecule has 0 bridgehead atoms. The van der Waals surface area contributed by atoms with E-state index in [2.05, 4.69) is 16.3 Å². The van der Waals surface area contributed by atoms with Crippen molar-refractivity contribution >= 4 is 23.4 Å². The number of ether oxygens (including phenoxy) is 1. The summed E-state index contributed by atoms with van der Waals surface area (Å²) < 4.78 is 7.85. The molecule has 0 saturated heterocycles. The molecule has 29 heavy (non-hydrogen) atoms. The molecule has 2 heterocycles. The van der Waals surface area contributed by atoms with E-state index in [9.17, 15) is 4.79 Å². The number of benzene rings is 2. The maximum absolute atomic E-state index is 12.9. The van der Waals surface area contributed by atoms with E-state index in [0.717, 1.165) is 36.6 Å². The molecule has 6 nitrogen and oxygen atoms in total. The van der Waals surface area contributed by atoms with Crippen molar-refractivity contribution in [1.82, 2.24) is 14.8 Å². The number of anilines is 1. The second-order valence-electron chi connectivity index (χ2n) is 7.04. The van der Waals surface area contributed by atoms with E-state index < -0.39 is 0 Å². The molecule has 0 spiro atoms. The van der Waals surface area contributed by atoms with Gasteiger partial charge in [0.15, 0.2) is 17.1 Å². The van der Waals surface area contributed by atoms with E-state index in [4.69, 9.17) is 4.74 Å². The van der Waals surface area contributed by atoms with Crippen LogP contribution >= 0.6 is 11.8 Å². The number of nitrogens with zero attached hydrogens (tertiary/aromatic N) is 4. The van der Waals surface area contributed by atoms with E-state index in [-0.39, 0.29) is 12.0 Å². The largest absolute Gasteiger partial charge is 0.483 e. The average Bonchev–Trinajstić information content (AvgIpc) is 3.12. The fourth-order valence-electron chi connectivity index (χ4n) is 3.56. The molecule has 1 amide bonds. The normalized spacial score (nSPS) is 14.3. The Balaban J connectivity index is 1.40. The predicted octanol–water partition coefficient (Wildman–Crippen LogP) is 4.03. The van der Waals surface area contributed by atoms with E-state index >= 15 is 0 Å². The summed E-state index contributed by atoms with van der Waals surface area (Å²) in [5, 5.41) is 9.26. The molecule has 150 valence electrons. The zero-order valence-corrected chi connectivity index (χ0v) is 17.4. The van der Waals surface area contributed by atoms with Crippen molar-refractivity contribution in [3.63, 3.8) is 0 Å². The van der Waals surface area contributed by atoms with Crippen molar-refractivity contribution in [2.75, 3.05) is 17.2 Å². The molecule has 0 unspecified atom stereocenters. The molecule has 4 rings (SSSR count). The van der Waals surface area contributed by atoms with Crippen LogP contribution in [-0.4, -0.2) is 33.0 Å². The van der Waals surface area contributed by atoms with Crippen LogP contribution in [0.2, 0.25) is 0 Å². The lowest BCUT2D eigenvalue weighted by atomic mass is 10.0. The van der Waals surface area contributed by atoms with E-state index in [1.165, 1.54) is 17.3 Å². The number of amides is 1. The van der Waals surface area contributed by atoms with Crippen LogP contribution in [0.15, 0.2) is 59.8 Å². The van der Waals surface area contributed by atoms with Gasteiger partial charge in [-0.3, -0.25) is 4.79 Å². The van der Waals surface area contributed by atoms with Crippen LogP contribution in [0, 0.1) is 0 Å². The first-order chi connectivity index (χ1) is 14.1. The number of rotatable bonds is 6. The lowest BCUT2D eigenvalue weighted by Gasteiger charge is -2.29. The van der Waals surface area contributed by atoms with Gasteiger partial charge in [0.1, 0.15) is 5.75 Å². The topological polar surface area (TPSA) is 60.3 Å².